The third-order valence-electron chi connectivity index (χ3n) is 6.33. The Hall–Kier alpha value is -0.880. The molecule has 1 aromatic heterocycles. The van der Waals surface area contributed by atoms with Crippen molar-refractivity contribution in [2.75, 3.05) is 14.1 Å². The van der Waals surface area contributed by atoms with E-state index >= 15 is 0 Å². The molecular weight excluding hydrogens is 382 g/mol. The molecule has 0 aliphatic heterocycles. The standard InChI is InChI=1S/C23H44N3O2S/c1-4-5-6-7-8-9-10-11-12-16-19-25-20-21-26(29(27,28)24(2)3)23(25)22-17-14-13-15-18-22/h20-22H,4-19H2,1-3H3/q+1. The van der Waals surface area contributed by atoms with Gasteiger partial charge in [-0.05, 0) is 25.7 Å². The van der Waals surface area contributed by atoms with Crippen molar-refractivity contribution in [3.63, 3.8) is 0 Å². The van der Waals surface area contributed by atoms with Crippen LogP contribution in [0.1, 0.15) is 115 Å². The molecule has 0 unspecified atom stereocenters. The van der Waals surface area contributed by atoms with Crippen LogP contribution in [0, 0.1) is 0 Å². The molecule has 29 heavy (non-hydrogen) atoms. The molecule has 0 bridgehead atoms. The van der Waals surface area contributed by atoms with Crippen molar-refractivity contribution in [3.05, 3.63) is 18.2 Å². The molecule has 168 valence electrons. The first-order chi connectivity index (χ1) is 14.0. The summed E-state index contributed by atoms with van der Waals surface area (Å²) >= 11 is 0. The Kier molecular flexibility index (Phi) is 10.7. The minimum absolute atomic E-state index is 0.358. The van der Waals surface area contributed by atoms with Crippen molar-refractivity contribution < 1.29 is 13.0 Å². The zero-order valence-corrected chi connectivity index (χ0v) is 19.9. The van der Waals surface area contributed by atoms with Crippen LogP contribution in [0.3, 0.4) is 0 Å². The predicted molar refractivity (Wildman–Crippen MR) is 120 cm³/mol. The molecule has 0 amide bonds. The second-order valence-corrected chi connectivity index (χ2v) is 11.0. The highest BCUT2D eigenvalue weighted by atomic mass is 32.2. The Morgan fingerprint density at radius 1 is 0.931 bits per heavy atom. The molecule has 0 radical (unpaired) electrons. The van der Waals surface area contributed by atoms with Crippen LogP contribution < -0.4 is 4.57 Å². The predicted octanol–water partition coefficient (Wildman–Crippen LogP) is 5.40. The normalized spacial score (nSPS) is 16.0. The highest BCUT2D eigenvalue weighted by Crippen LogP contribution is 2.32. The molecule has 6 heteroatoms. The lowest BCUT2D eigenvalue weighted by atomic mass is 9.88. The van der Waals surface area contributed by atoms with E-state index in [2.05, 4.69) is 11.5 Å². The first-order valence-corrected chi connectivity index (χ1v) is 13.4. The van der Waals surface area contributed by atoms with Crippen LogP contribution >= 0.6 is 0 Å². The van der Waals surface area contributed by atoms with Gasteiger partial charge in [0.25, 0.3) is 5.82 Å². The van der Waals surface area contributed by atoms with Gasteiger partial charge in [0.15, 0.2) is 0 Å². The van der Waals surface area contributed by atoms with Gasteiger partial charge in [0.05, 0.1) is 12.5 Å². The van der Waals surface area contributed by atoms with Gasteiger partial charge in [-0.3, -0.25) is 0 Å². The second-order valence-electron chi connectivity index (χ2n) is 8.95. The number of nitrogens with zero attached hydrogens (tertiary/aromatic N) is 3. The molecule has 1 heterocycles. The number of rotatable bonds is 14. The van der Waals surface area contributed by atoms with Gasteiger partial charge < -0.3 is 0 Å². The molecule has 0 saturated heterocycles. The summed E-state index contributed by atoms with van der Waals surface area (Å²) in [5.74, 6) is 1.35. The fraction of sp³-hybridized carbons (Fsp3) is 0.870. The number of hydrogen-bond donors (Lipinski definition) is 0. The van der Waals surface area contributed by atoms with E-state index in [-0.39, 0.29) is 0 Å². The number of hydrogen-bond acceptors (Lipinski definition) is 2. The van der Waals surface area contributed by atoms with Gasteiger partial charge >= 0.3 is 10.2 Å². The monoisotopic (exact) mass is 426 g/mol. The molecule has 1 fully saturated rings. The van der Waals surface area contributed by atoms with E-state index < -0.39 is 10.2 Å². The van der Waals surface area contributed by atoms with Crippen LogP contribution in [-0.4, -0.2) is 30.8 Å². The smallest absolute Gasteiger partial charge is 0.233 e. The minimum atomic E-state index is -3.46. The van der Waals surface area contributed by atoms with Crippen molar-refractivity contribution in [1.82, 2.24) is 8.28 Å². The van der Waals surface area contributed by atoms with Gasteiger partial charge in [0.1, 0.15) is 12.4 Å². The van der Waals surface area contributed by atoms with Crippen LogP contribution in [0.25, 0.3) is 0 Å². The first kappa shape index (κ1) is 24.4. The highest BCUT2D eigenvalue weighted by Gasteiger charge is 2.35. The molecule has 0 spiro atoms. The lowest BCUT2D eigenvalue weighted by molar-refractivity contribution is -0.705. The Labute approximate surface area is 179 Å². The summed E-state index contributed by atoms with van der Waals surface area (Å²) in [7, 11) is -0.224. The number of aromatic nitrogens is 2. The van der Waals surface area contributed by atoms with Crippen molar-refractivity contribution in [2.45, 2.75) is 116 Å². The van der Waals surface area contributed by atoms with E-state index in [9.17, 15) is 8.42 Å². The number of imidazole rings is 1. The topological polar surface area (TPSA) is 46.2 Å². The maximum Gasteiger partial charge on any atom is 0.379 e. The van der Waals surface area contributed by atoms with E-state index in [0.717, 1.165) is 31.6 Å². The van der Waals surface area contributed by atoms with Crippen LogP contribution in [0.15, 0.2) is 12.4 Å². The molecule has 1 saturated carbocycles. The zero-order chi connectivity index (χ0) is 21.1. The van der Waals surface area contributed by atoms with E-state index in [1.54, 1.807) is 24.3 Å². The average Bonchev–Trinajstić information content (AvgIpc) is 3.14. The van der Waals surface area contributed by atoms with E-state index in [1.807, 2.05) is 6.20 Å². The summed E-state index contributed by atoms with van der Waals surface area (Å²) in [6, 6.07) is 0. The van der Waals surface area contributed by atoms with Gasteiger partial charge in [-0.1, -0.05) is 77.6 Å². The molecule has 0 N–H and O–H groups in total. The molecule has 0 aromatic carbocycles. The van der Waals surface area contributed by atoms with Crippen molar-refractivity contribution in [3.8, 4) is 0 Å². The minimum Gasteiger partial charge on any atom is -0.233 e. The fourth-order valence-corrected chi connectivity index (χ4v) is 5.58. The Morgan fingerprint density at radius 3 is 2.03 bits per heavy atom. The molecule has 5 nitrogen and oxygen atoms in total. The van der Waals surface area contributed by atoms with Crippen molar-refractivity contribution in [1.29, 1.82) is 0 Å². The Bertz CT molecular complexity index is 676. The van der Waals surface area contributed by atoms with Gasteiger partial charge in [0.2, 0.25) is 0 Å². The lowest BCUT2D eigenvalue weighted by Crippen LogP contribution is -2.41. The SMILES string of the molecule is CCCCCCCCCCCC[n+]1ccn(S(=O)(=O)N(C)C)c1C1CCCCC1. The summed E-state index contributed by atoms with van der Waals surface area (Å²) in [6.07, 6.45) is 22.9. The molecule has 2 rings (SSSR count). The second kappa shape index (κ2) is 12.7. The maximum absolute atomic E-state index is 12.8. The summed E-state index contributed by atoms with van der Waals surface area (Å²) in [5, 5.41) is 0. The van der Waals surface area contributed by atoms with Crippen LogP contribution in [0.4, 0.5) is 0 Å². The largest absolute Gasteiger partial charge is 0.379 e. The van der Waals surface area contributed by atoms with Gasteiger partial charge in [-0.25, -0.2) is 4.57 Å². The van der Waals surface area contributed by atoms with Crippen LogP contribution in [0.2, 0.25) is 0 Å². The molecule has 0 atom stereocenters. The number of unbranched alkanes of at least 4 members (excludes halogenated alkanes) is 9. The summed E-state index contributed by atoms with van der Waals surface area (Å²) in [4.78, 5) is 0. The quantitative estimate of drug-likeness (QED) is 0.295. The summed E-state index contributed by atoms with van der Waals surface area (Å²) in [6.45, 7) is 3.19. The third kappa shape index (κ3) is 7.39. The van der Waals surface area contributed by atoms with Crippen molar-refractivity contribution in [2.24, 2.45) is 0 Å². The Balaban J connectivity index is 1.87. The van der Waals surface area contributed by atoms with Gasteiger partial charge in [0, 0.05) is 14.1 Å². The number of aryl methyl sites for hydroxylation is 1. The third-order valence-corrected chi connectivity index (χ3v) is 8.06. The highest BCUT2D eigenvalue weighted by molar-refractivity contribution is 7.87. The summed E-state index contributed by atoms with van der Waals surface area (Å²) < 4.78 is 30.7. The van der Waals surface area contributed by atoms with E-state index in [0.29, 0.717) is 5.92 Å². The van der Waals surface area contributed by atoms with Crippen LogP contribution in [-0.2, 0) is 16.8 Å². The average molecular weight is 427 g/mol. The fourth-order valence-electron chi connectivity index (χ4n) is 4.53. The Morgan fingerprint density at radius 2 is 1.48 bits per heavy atom. The molecule has 1 aliphatic carbocycles. The van der Waals surface area contributed by atoms with Gasteiger partial charge in [-0.2, -0.15) is 12.7 Å². The van der Waals surface area contributed by atoms with E-state index in [4.69, 9.17) is 0 Å². The first-order valence-electron chi connectivity index (χ1n) is 12.0. The van der Waals surface area contributed by atoms with Crippen molar-refractivity contribution >= 4 is 10.2 Å². The molecular formula is C23H44N3O2S+. The maximum atomic E-state index is 12.8. The summed E-state index contributed by atoms with van der Waals surface area (Å²) in [5.41, 5.74) is 0. The van der Waals surface area contributed by atoms with E-state index in [1.165, 1.54) is 81.4 Å². The zero-order valence-electron chi connectivity index (χ0n) is 19.1. The molecule has 1 aliphatic rings. The van der Waals surface area contributed by atoms with Crippen LogP contribution in [0.5, 0.6) is 0 Å². The lowest BCUT2D eigenvalue weighted by Gasteiger charge is -2.20. The van der Waals surface area contributed by atoms with Gasteiger partial charge in [-0.15, -0.1) is 3.97 Å². The molecule has 1 aromatic rings.